The number of nitrogens with two attached hydrogens (primary N) is 1. The zero-order valence-corrected chi connectivity index (χ0v) is 47.7. The highest BCUT2D eigenvalue weighted by Crippen LogP contribution is 2.84. The van der Waals surface area contributed by atoms with Gasteiger partial charge in [-0.1, -0.05) is 106 Å². The molecule has 0 aromatic heterocycles. The highest BCUT2D eigenvalue weighted by atomic mass is 16.1. The van der Waals surface area contributed by atoms with E-state index in [0.29, 0.717) is 86.6 Å². The lowest BCUT2D eigenvalue weighted by Gasteiger charge is -2.63. The van der Waals surface area contributed by atoms with Crippen molar-refractivity contribution >= 4 is 5.78 Å². The maximum Gasteiger partial charge on any atom is 0.133 e. The normalized spacial score (nSPS) is 58.4. The molecule has 27 atom stereocenters. The smallest absolute Gasteiger partial charge is 0.133 e. The van der Waals surface area contributed by atoms with E-state index in [-0.39, 0.29) is 21.8 Å². The lowest BCUT2D eigenvalue weighted by molar-refractivity contribution is -0.141. The molecular weight excluding hydrogens is 859 g/mol. The molecule has 0 spiro atoms. The predicted octanol–water partition coefficient (Wildman–Crippen LogP) is 17.9. The van der Waals surface area contributed by atoms with Gasteiger partial charge in [0.05, 0.1) is 0 Å². The molecule has 0 bridgehead atoms. The highest BCUT2D eigenvalue weighted by Gasteiger charge is 2.81. The lowest BCUT2D eigenvalue weighted by Crippen LogP contribution is -2.67. The van der Waals surface area contributed by atoms with Gasteiger partial charge in [-0.3, -0.25) is 4.79 Å². The summed E-state index contributed by atoms with van der Waals surface area (Å²) in [5.74, 6) is 13.4. The first-order valence-corrected chi connectivity index (χ1v) is 31.9. The van der Waals surface area contributed by atoms with Crippen molar-refractivity contribution in [1.29, 1.82) is 0 Å². The molecule has 0 aromatic rings. The van der Waals surface area contributed by atoms with Crippen molar-refractivity contribution in [2.24, 2.45) is 156 Å². The third kappa shape index (κ3) is 6.54. The molecule has 0 radical (unpaired) electrons. The summed E-state index contributed by atoms with van der Waals surface area (Å²) in [4.78, 5) is 13.1. The molecule has 0 saturated heterocycles. The molecule has 0 aromatic carbocycles. The molecule has 0 heterocycles. The average molecular weight is 969 g/mol. The average Bonchev–Trinajstić information content (AvgIpc) is 3.93. The molecule has 2 nitrogen and oxygen atoms in total. The summed E-state index contributed by atoms with van der Waals surface area (Å²) in [5, 5.41) is 0. The van der Waals surface area contributed by atoms with Crippen LogP contribution in [0.3, 0.4) is 0 Å². The minimum absolute atomic E-state index is 0.0148. The SMILES string of the molecule is C=C[C@@H](C)[C@H]1C(C2(C3(N)C[C@H]4[C@@H]5CCC6CC(=O)CC[C@]6(C)[C@H]5CC[C@]4(C)[C@H]3[C@H](C)C=C)C[C@H]3[C@@H]4CCC5CCCC[C@]5(C)[C@H]4CC[C@]3(C)[C@H]2[C@H](C)C=C)C[C@H]2[C@@H]3CCC4CCCC[C@]4(C)[C@H]3CC[C@]12C. The molecule has 396 valence electrons. The predicted molar refractivity (Wildman–Crippen MR) is 297 cm³/mol. The standard InChI is InChI=1S/C69H109NO/c1-13-42(4)59-56(39-55-49-25-22-45-20-16-18-32-62(45,7)52(49)29-35-65(55,59)10)68(40-57-50-26-23-46-21-17-19-33-63(46,8)53(50)30-36-66(57,11)60(68)43(5)14-2)69(70)41-58-51-27-24-47-38-48(71)28-34-64(47,9)54(51)31-37-67(58,12)61(69)44(6)15-3/h13-15,42-47,49-61H,1-3,16-41,70H2,4-12H3/t42-,43-,44-,45?,46?,47?,49-,50-,51-,52+,53+,54+,55+,56?,57+,58+,59+,60-,61-,62+,63+,64+,65+,66+,67+,68?,69?/m1/s1. The fourth-order valence-electron chi connectivity index (χ4n) is 27.9. The van der Waals surface area contributed by atoms with E-state index in [1.165, 1.54) is 148 Å². The third-order valence-corrected chi connectivity index (χ3v) is 30.6. The van der Waals surface area contributed by atoms with E-state index in [4.69, 9.17) is 19.7 Å². The summed E-state index contributed by atoms with van der Waals surface area (Å²) in [7, 11) is 0. The van der Waals surface area contributed by atoms with Crippen molar-refractivity contribution in [3.05, 3.63) is 38.0 Å². The fourth-order valence-corrected chi connectivity index (χ4v) is 27.9. The number of rotatable bonds is 8. The van der Waals surface area contributed by atoms with Crippen LogP contribution in [0.1, 0.15) is 229 Å². The van der Waals surface area contributed by atoms with Gasteiger partial charge in [-0.2, -0.15) is 0 Å². The Morgan fingerprint density at radius 1 is 0.465 bits per heavy atom. The zero-order valence-electron chi connectivity index (χ0n) is 47.7. The Kier molecular flexibility index (Phi) is 12.3. The van der Waals surface area contributed by atoms with E-state index in [0.717, 1.165) is 72.5 Å². The van der Waals surface area contributed by atoms with E-state index in [9.17, 15) is 10.5 Å². The van der Waals surface area contributed by atoms with Gasteiger partial charge in [0.25, 0.3) is 0 Å². The molecule has 12 aliphatic carbocycles. The molecule has 2 N–H and O–H groups in total. The maximum atomic E-state index is 13.1. The van der Waals surface area contributed by atoms with Crippen LogP contribution in [0.25, 0.3) is 0 Å². The summed E-state index contributed by atoms with van der Waals surface area (Å²) >= 11 is 0. The molecule has 12 aliphatic rings. The minimum atomic E-state index is -0.320. The van der Waals surface area contributed by atoms with Gasteiger partial charge in [0.1, 0.15) is 5.78 Å². The Labute approximate surface area is 437 Å². The topological polar surface area (TPSA) is 43.1 Å². The molecular formula is C69H109NO. The summed E-state index contributed by atoms with van der Waals surface area (Å²) in [5.41, 5.74) is 11.3. The first kappa shape index (κ1) is 50.7. The van der Waals surface area contributed by atoms with E-state index >= 15 is 0 Å². The van der Waals surface area contributed by atoms with E-state index in [1.807, 2.05) is 0 Å². The highest BCUT2D eigenvalue weighted by molar-refractivity contribution is 5.79. The largest absolute Gasteiger partial charge is 0.324 e. The second kappa shape index (κ2) is 17.2. The lowest BCUT2D eigenvalue weighted by atomic mass is 9.42. The van der Waals surface area contributed by atoms with Crippen LogP contribution >= 0.6 is 0 Å². The van der Waals surface area contributed by atoms with Crippen LogP contribution in [0, 0.1) is 150 Å². The first-order valence-electron chi connectivity index (χ1n) is 31.9. The molecule has 12 rings (SSSR count). The van der Waals surface area contributed by atoms with Crippen LogP contribution in [0.4, 0.5) is 0 Å². The summed E-state index contributed by atoms with van der Waals surface area (Å²) in [6.07, 6.45) is 42.8. The quantitative estimate of drug-likeness (QED) is 0.246. The Morgan fingerprint density at radius 3 is 1.48 bits per heavy atom. The summed E-state index contributed by atoms with van der Waals surface area (Å²) < 4.78 is 0. The zero-order chi connectivity index (χ0) is 50.1. The van der Waals surface area contributed by atoms with Gasteiger partial charge >= 0.3 is 0 Å². The second-order valence-electron chi connectivity index (χ2n) is 31.9. The van der Waals surface area contributed by atoms with Gasteiger partial charge in [-0.25, -0.2) is 0 Å². The number of Topliss-reactive ketones (excluding diaryl/α,β-unsaturated/α-hetero) is 1. The molecule has 6 unspecified atom stereocenters. The fraction of sp³-hybridized carbons (Fsp3) is 0.899. The van der Waals surface area contributed by atoms with Gasteiger partial charge < -0.3 is 5.73 Å². The van der Waals surface area contributed by atoms with Crippen LogP contribution in [-0.2, 0) is 4.79 Å². The van der Waals surface area contributed by atoms with Crippen molar-refractivity contribution in [3.63, 3.8) is 0 Å². The van der Waals surface area contributed by atoms with Crippen LogP contribution in [0.15, 0.2) is 38.0 Å². The summed E-state index contributed by atoms with van der Waals surface area (Å²) in [6.45, 7) is 39.4. The van der Waals surface area contributed by atoms with E-state index < -0.39 is 0 Å². The molecule has 0 amide bonds. The Bertz CT molecular complexity index is 2100. The number of fused-ring (bicyclic) bond motifs is 15. The van der Waals surface area contributed by atoms with E-state index in [2.05, 4.69) is 80.5 Å². The van der Waals surface area contributed by atoms with Crippen molar-refractivity contribution in [3.8, 4) is 0 Å². The number of carbonyl (C=O) groups is 1. The van der Waals surface area contributed by atoms with Gasteiger partial charge in [0.15, 0.2) is 0 Å². The van der Waals surface area contributed by atoms with Crippen LogP contribution in [0.5, 0.6) is 0 Å². The minimum Gasteiger partial charge on any atom is -0.324 e. The third-order valence-electron chi connectivity index (χ3n) is 30.6. The van der Waals surface area contributed by atoms with Gasteiger partial charge in [0, 0.05) is 18.4 Å². The number of hydrogen-bond donors (Lipinski definition) is 1. The molecule has 12 fully saturated rings. The molecule has 71 heavy (non-hydrogen) atoms. The van der Waals surface area contributed by atoms with Crippen molar-refractivity contribution < 1.29 is 4.79 Å². The monoisotopic (exact) mass is 968 g/mol. The molecule has 2 heteroatoms. The number of hydrogen-bond acceptors (Lipinski definition) is 2. The van der Waals surface area contributed by atoms with Crippen LogP contribution in [0.2, 0.25) is 0 Å². The van der Waals surface area contributed by atoms with Crippen molar-refractivity contribution in [2.75, 3.05) is 0 Å². The maximum absolute atomic E-state index is 13.1. The number of carbonyl (C=O) groups excluding carboxylic acids is 1. The number of ketones is 1. The van der Waals surface area contributed by atoms with Crippen LogP contribution in [-0.4, -0.2) is 11.3 Å². The Hall–Kier alpha value is -1.15. The van der Waals surface area contributed by atoms with Crippen LogP contribution < -0.4 is 5.73 Å². The first-order chi connectivity index (χ1) is 33.7. The number of allylic oxidation sites excluding steroid dienone is 3. The van der Waals surface area contributed by atoms with Gasteiger partial charge in [-0.15, -0.1) is 19.7 Å². The second-order valence-corrected chi connectivity index (χ2v) is 31.9. The Morgan fingerprint density at radius 2 is 0.930 bits per heavy atom. The van der Waals surface area contributed by atoms with E-state index in [1.54, 1.807) is 0 Å². The summed E-state index contributed by atoms with van der Waals surface area (Å²) in [6, 6.07) is 0. The van der Waals surface area contributed by atoms with Gasteiger partial charge in [0.2, 0.25) is 0 Å². The Balaban J connectivity index is 1.06. The van der Waals surface area contributed by atoms with Crippen molar-refractivity contribution in [1.82, 2.24) is 0 Å². The van der Waals surface area contributed by atoms with Gasteiger partial charge in [-0.05, 0) is 279 Å². The van der Waals surface area contributed by atoms with Crippen molar-refractivity contribution in [2.45, 2.75) is 235 Å². The molecule has 0 aliphatic heterocycles. The molecule has 12 saturated carbocycles.